The summed E-state index contributed by atoms with van der Waals surface area (Å²) in [7, 11) is 1.68. The van der Waals surface area contributed by atoms with E-state index in [9.17, 15) is 0 Å². The highest BCUT2D eigenvalue weighted by molar-refractivity contribution is 5.46. The number of nitrogens with one attached hydrogen (secondary N) is 1. The first-order valence-electron chi connectivity index (χ1n) is 6.55. The van der Waals surface area contributed by atoms with Gasteiger partial charge in [-0.15, -0.1) is 0 Å². The van der Waals surface area contributed by atoms with Crippen molar-refractivity contribution in [1.82, 2.24) is 9.97 Å². The van der Waals surface area contributed by atoms with Crippen LogP contribution in [0.25, 0.3) is 0 Å². The topological polar surface area (TPSA) is 56.3 Å². The molecule has 0 aromatic carbocycles. The maximum atomic E-state index is 5.41. The molecule has 0 bridgehead atoms. The molecule has 5 heteroatoms. The molecular formula is C13H21N3O2. The lowest BCUT2D eigenvalue weighted by atomic mass is 9.96. The molecule has 0 atom stereocenters. The predicted octanol–water partition coefficient (Wildman–Crippen LogP) is 1.43. The van der Waals surface area contributed by atoms with E-state index in [0.29, 0.717) is 19.8 Å². The highest BCUT2D eigenvalue weighted by Crippen LogP contribution is 2.23. The SMILES string of the molecule is COCCOCCNc1ncnc2c1CCCC2. The van der Waals surface area contributed by atoms with Gasteiger partial charge in [-0.1, -0.05) is 0 Å². The number of hydrogen-bond donors (Lipinski definition) is 1. The molecule has 5 nitrogen and oxygen atoms in total. The van der Waals surface area contributed by atoms with Crippen molar-refractivity contribution in [2.24, 2.45) is 0 Å². The van der Waals surface area contributed by atoms with Crippen LogP contribution in [-0.4, -0.2) is 43.4 Å². The summed E-state index contributed by atoms with van der Waals surface area (Å²) < 4.78 is 10.3. The zero-order valence-corrected chi connectivity index (χ0v) is 10.9. The Morgan fingerprint density at radius 1 is 1.17 bits per heavy atom. The first-order valence-corrected chi connectivity index (χ1v) is 6.55. The second-order valence-electron chi connectivity index (χ2n) is 4.39. The Bertz CT molecular complexity index is 371. The van der Waals surface area contributed by atoms with Gasteiger partial charge in [0.25, 0.3) is 0 Å². The molecule has 100 valence electrons. The first kappa shape index (κ1) is 13.2. The Labute approximate surface area is 108 Å². The van der Waals surface area contributed by atoms with Crippen LogP contribution in [0.15, 0.2) is 6.33 Å². The third-order valence-corrected chi connectivity index (χ3v) is 3.10. The summed E-state index contributed by atoms with van der Waals surface area (Å²) in [5.41, 5.74) is 2.50. The molecule has 0 radical (unpaired) electrons. The largest absolute Gasteiger partial charge is 0.382 e. The summed E-state index contributed by atoms with van der Waals surface area (Å²) in [6, 6.07) is 0. The van der Waals surface area contributed by atoms with Crippen molar-refractivity contribution in [3.05, 3.63) is 17.6 Å². The number of nitrogens with zero attached hydrogens (tertiary/aromatic N) is 2. The van der Waals surface area contributed by atoms with E-state index in [1.807, 2.05) is 0 Å². The van der Waals surface area contributed by atoms with E-state index in [0.717, 1.165) is 25.2 Å². The Hall–Kier alpha value is -1.20. The Morgan fingerprint density at radius 3 is 2.94 bits per heavy atom. The third kappa shape index (κ3) is 3.65. The van der Waals surface area contributed by atoms with Crippen LogP contribution in [0, 0.1) is 0 Å². The first-order chi connectivity index (χ1) is 8.92. The summed E-state index contributed by atoms with van der Waals surface area (Å²) in [6.07, 6.45) is 6.29. The van der Waals surface area contributed by atoms with Crippen LogP contribution >= 0.6 is 0 Å². The molecule has 0 aliphatic heterocycles. The van der Waals surface area contributed by atoms with Gasteiger partial charge in [0.1, 0.15) is 12.1 Å². The second kappa shape index (κ2) is 7.28. The molecular weight excluding hydrogens is 230 g/mol. The fourth-order valence-electron chi connectivity index (χ4n) is 2.16. The standard InChI is InChI=1S/C13H21N3O2/c1-17-8-9-18-7-6-14-13-11-4-2-3-5-12(11)15-10-16-13/h10H,2-9H2,1H3,(H,14,15,16). The van der Waals surface area contributed by atoms with Crippen LogP contribution in [-0.2, 0) is 22.3 Å². The predicted molar refractivity (Wildman–Crippen MR) is 69.9 cm³/mol. The van der Waals surface area contributed by atoms with Crippen LogP contribution in [0.5, 0.6) is 0 Å². The molecule has 0 saturated heterocycles. The summed E-state index contributed by atoms with van der Waals surface area (Å²) in [6.45, 7) is 2.72. The molecule has 0 saturated carbocycles. The fourth-order valence-corrected chi connectivity index (χ4v) is 2.16. The lowest BCUT2D eigenvalue weighted by Crippen LogP contribution is -2.16. The number of fused-ring (bicyclic) bond motifs is 1. The van der Waals surface area contributed by atoms with E-state index >= 15 is 0 Å². The summed E-state index contributed by atoms with van der Waals surface area (Å²) >= 11 is 0. The van der Waals surface area contributed by atoms with Gasteiger partial charge in [0.2, 0.25) is 0 Å². The van der Waals surface area contributed by atoms with Gasteiger partial charge in [-0.3, -0.25) is 0 Å². The van der Waals surface area contributed by atoms with Gasteiger partial charge >= 0.3 is 0 Å². The molecule has 1 aliphatic rings. The van der Waals surface area contributed by atoms with Crippen molar-refractivity contribution in [2.45, 2.75) is 25.7 Å². The summed E-state index contributed by atoms with van der Waals surface area (Å²) in [5.74, 6) is 0.982. The van der Waals surface area contributed by atoms with E-state index < -0.39 is 0 Å². The molecule has 0 unspecified atom stereocenters. The third-order valence-electron chi connectivity index (χ3n) is 3.10. The Kier molecular flexibility index (Phi) is 5.36. The highest BCUT2D eigenvalue weighted by Gasteiger charge is 2.14. The van der Waals surface area contributed by atoms with Gasteiger partial charge in [0.15, 0.2) is 0 Å². The number of ether oxygens (including phenoxy) is 2. The molecule has 0 spiro atoms. The minimum absolute atomic E-state index is 0.639. The monoisotopic (exact) mass is 251 g/mol. The van der Waals surface area contributed by atoms with Crippen LogP contribution < -0.4 is 5.32 Å². The maximum Gasteiger partial charge on any atom is 0.132 e. The van der Waals surface area contributed by atoms with Gasteiger partial charge in [-0.2, -0.15) is 0 Å². The van der Waals surface area contributed by atoms with Crippen LogP contribution in [0.4, 0.5) is 5.82 Å². The molecule has 0 amide bonds. The summed E-state index contributed by atoms with van der Waals surface area (Å²) in [5, 5.41) is 3.33. The van der Waals surface area contributed by atoms with Crippen LogP contribution in [0.1, 0.15) is 24.1 Å². The number of rotatable bonds is 7. The second-order valence-corrected chi connectivity index (χ2v) is 4.39. The van der Waals surface area contributed by atoms with E-state index in [2.05, 4.69) is 15.3 Å². The highest BCUT2D eigenvalue weighted by atomic mass is 16.5. The van der Waals surface area contributed by atoms with Crippen LogP contribution in [0.2, 0.25) is 0 Å². The minimum Gasteiger partial charge on any atom is -0.382 e. The van der Waals surface area contributed by atoms with Gasteiger partial charge in [-0.05, 0) is 25.7 Å². The molecule has 1 aliphatic carbocycles. The van der Waals surface area contributed by atoms with Crippen molar-refractivity contribution < 1.29 is 9.47 Å². The van der Waals surface area contributed by atoms with Crippen molar-refractivity contribution in [3.8, 4) is 0 Å². The van der Waals surface area contributed by atoms with Crippen LogP contribution in [0.3, 0.4) is 0 Å². The maximum absolute atomic E-state index is 5.41. The molecule has 1 aromatic heterocycles. The number of anilines is 1. The Morgan fingerprint density at radius 2 is 2.06 bits per heavy atom. The van der Waals surface area contributed by atoms with Crippen molar-refractivity contribution in [2.75, 3.05) is 38.8 Å². The average Bonchev–Trinajstić information content (AvgIpc) is 2.43. The van der Waals surface area contributed by atoms with E-state index in [1.54, 1.807) is 13.4 Å². The number of methoxy groups -OCH3 is 1. The van der Waals surface area contributed by atoms with Crippen molar-refractivity contribution >= 4 is 5.82 Å². The number of aromatic nitrogens is 2. The number of hydrogen-bond acceptors (Lipinski definition) is 5. The average molecular weight is 251 g/mol. The van der Waals surface area contributed by atoms with E-state index in [-0.39, 0.29) is 0 Å². The van der Waals surface area contributed by atoms with Gasteiger partial charge in [0, 0.05) is 24.9 Å². The molecule has 0 fully saturated rings. The zero-order valence-electron chi connectivity index (χ0n) is 10.9. The fraction of sp³-hybridized carbons (Fsp3) is 0.692. The van der Waals surface area contributed by atoms with Gasteiger partial charge in [-0.25, -0.2) is 9.97 Å². The van der Waals surface area contributed by atoms with E-state index in [4.69, 9.17) is 9.47 Å². The summed E-state index contributed by atoms with van der Waals surface area (Å²) in [4.78, 5) is 8.67. The van der Waals surface area contributed by atoms with Crippen molar-refractivity contribution in [3.63, 3.8) is 0 Å². The lowest BCUT2D eigenvalue weighted by molar-refractivity contribution is 0.0759. The molecule has 1 N–H and O–H groups in total. The van der Waals surface area contributed by atoms with Gasteiger partial charge < -0.3 is 14.8 Å². The molecule has 18 heavy (non-hydrogen) atoms. The zero-order chi connectivity index (χ0) is 12.6. The van der Waals surface area contributed by atoms with Gasteiger partial charge in [0.05, 0.1) is 19.8 Å². The quantitative estimate of drug-likeness (QED) is 0.743. The smallest absolute Gasteiger partial charge is 0.132 e. The molecule has 1 heterocycles. The molecule has 2 rings (SSSR count). The van der Waals surface area contributed by atoms with E-state index in [1.165, 1.54) is 24.1 Å². The minimum atomic E-state index is 0.639. The lowest BCUT2D eigenvalue weighted by Gasteiger charge is -2.17. The molecule has 1 aromatic rings. The Balaban J connectivity index is 1.79. The number of aryl methyl sites for hydroxylation is 1. The van der Waals surface area contributed by atoms with Crippen molar-refractivity contribution in [1.29, 1.82) is 0 Å². The normalized spacial score (nSPS) is 14.3.